The van der Waals surface area contributed by atoms with E-state index in [1.807, 2.05) is 0 Å². The highest BCUT2D eigenvalue weighted by molar-refractivity contribution is 5.86. The van der Waals surface area contributed by atoms with Gasteiger partial charge < -0.3 is 10.2 Å². The molecular weight excluding hydrogens is 344 g/mol. The van der Waals surface area contributed by atoms with Gasteiger partial charge in [0.15, 0.2) is 0 Å². The summed E-state index contributed by atoms with van der Waals surface area (Å²) in [5.74, 6) is 1.65. The molecule has 0 saturated carbocycles. The lowest BCUT2D eigenvalue weighted by Gasteiger charge is -2.33. The van der Waals surface area contributed by atoms with Crippen LogP contribution in [0.3, 0.4) is 0 Å². The summed E-state index contributed by atoms with van der Waals surface area (Å²) in [5.41, 5.74) is 1.46. The first-order chi connectivity index (χ1) is 12.3. The summed E-state index contributed by atoms with van der Waals surface area (Å²) in [6, 6.07) is 15.3. The maximum atomic E-state index is 12.5. The molecule has 0 radical (unpaired) electrons. The molecule has 0 bridgehead atoms. The van der Waals surface area contributed by atoms with Crippen molar-refractivity contribution in [2.75, 3.05) is 26.2 Å². The quantitative estimate of drug-likeness (QED) is 0.864. The van der Waals surface area contributed by atoms with E-state index in [9.17, 15) is 4.79 Å². The van der Waals surface area contributed by atoms with Gasteiger partial charge in [0.25, 0.3) is 0 Å². The number of amides is 1. The Bertz CT molecular complexity index is 729. The molecule has 1 atom stereocenters. The zero-order chi connectivity index (χ0) is 17.1. The summed E-state index contributed by atoms with van der Waals surface area (Å²) >= 11 is 0. The number of likely N-dealkylation sites (tertiary alicyclic amines) is 1. The molecule has 2 heterocycles. The predicted molar refractivity (Wildman–Crippen MR) is 110 cm³/mol. The van der Waals surface area contributed by atoms with Crippen LogP contribution in [0.4, 0.5) is 0 Å². The summed E-state index contributed by atoms with van der Waals surface area (Å²) in [6.07, 6.45) is 5.19. The van der Waals surface area contributed by atoms with Gasteiger partial charge in [-0.2, -0.15) is 0 Å². The van der Waals surface area contributed by atoms with Crippen molar-refractivity contribution in [2.45, 2.75) is 38.0 Å². The average molecular weight is 373 g/mol. The third-order valence-corrected chi connectivity index (χ3v) is 6.04. The maximum Gasteiger partial charge on any atom is 0.222 e. The molecule has 140 valence electrons. The number of hydrogen-bond donors (Lipinski definition) is 1. The monoisotopic (exact) mass is 372 g/mol. The number of carbonyl (C=O) groups is 1. The Labute approximate surface area is 162 Å². The standard InChI is InChI=1S/C22H28N2O.ClH/c25-22(9-8-17-10-13-23-16-17)24-14-11-19(12-15-24)21-7-3-5-18-4-1-2-6-20(18)21;/h1-7,17,19,23H,8-16H2;1H. The van der Waals surface area contributed by atoms with Gasteiger partial charge in [-0.25, -0.2) is 0 Å². The number of halogens is 1. The largest absolute Gasteiger partial charge is 0.343 e. The molecule has 2 fully saturated rings. The van der Waals surface area contributed by atoms with Gasteiger partial charge in [0.2, 0.25) is 5.91 Å². The third kappa shape index (κ3) is 4.21. The number of fused-ring (bicyclic) bond motifs is 1. The van der Waals surface area contributed by atoms with E-state index >= 15 is 0 Å². The van der Waals surface area contributed by atoms with Crippen molar-refractivity contribution in [2.24, 2.45) is 5.92 Å². The van der Waals surface area contributed by atoms with E-state index in [4.69, 9.17) is 0 Å². The van der Waals surface area contributed by atoms with E-state index in [0.29, 0.717) is 17.7 Å². The fraction of sp³-hybridized carbons (Fsp3) is 0.500. The molecule has 1 amide bonds. The van der Waals surface area contributed by atoms with Crippen molar-refractivity contribution in [3.63, 3.8) is 0 Å². The summed E-state index contributed by atoms with van der Waals surface area (Å²) in [4.78, 5) is 14.6. The summed E-state index contributed by atoms with van der Waals surface area (Å²) < 4.78 is 0. The van der Waals surface area contributed by atoms with Crippen molar-refractivity contribution in [1.82, 2.24) is 10.2 Å². The van der Waals surface area contributed by atoms with E-state index in [2.05, 4.69) is 52.7 Å². The Balaban J connectivity index is 0.00000196. The molecule has 0 spiro atoms. The highest BCUT2D eigenvalue weighted by Gasteiger charge is 2.25. The van der Waals surface area contributed by atoms with Gasteiger partial charge in [0.05, 0.1) is 0 Å². The minimum Gasteiger partial charge on any atom is -0.343 e. The minimum absolute atomic E-state index is 0. The fourth-order valence-corrected chi connectivity index (χ4v) is 4.49. The molecule has 4 heteroatoms. The van der Waals surface area contributed by atoms with Gasteiger partial charge in [0, 0.05) is 19.5 Å². The van der Waals surface area contributed by atoms with E-state index in [1.165, 1.54) is 22.8 Å². The van der Waals surface area contributed by atoms with Crippen LogP contribution < -0.4 is 5.32 Å². The Hall–Kier alpha value is -1.58. The Kier molecular flexibility index (Phi) is 6.55. The second-order valence-electron chi connectivity index (χ2n) is 7.62. The zero-order valence-electron chi connectivity index (χ0n) is 15.3. The normalized spacial score (nSPS) is 20.9. The second kappa shape index (κ2) is 8.88. The fourth-order valence-electron chi connectivity index (χ4n) is 4.49. The molecule has 2 saturated heterocycles. The molecule has 0 aliphatic carbocycles. The highest BCUT2D eigenvalue weighted by atomic mass is 35.5. The van der Waals surface area contributed by atoms with Gasteiger partial charge >= 0.3 is 0 Å². The first-order valence-corrected chi connectivity index (χ1v) is 9.77. The molecule has 2 aromatic rings. The van der Waals surface area contributed by atoms with Crippen LogP contribution in [-0.4, -0.2) is 37.0 Å². The molecule has 26 heavy (non-hydrogen) atoms. The molecule has 1 unspecified atom stereocenters. The van der Waals surface area contributed by atoms with Crippen LogP contribution in [0.25, 0.3) is 10.8 Å². The molecule has 4 rings (SSSR count). The Morgan fingerprint density at radius 3 is 2.58 bits per heavy atom. The van der Waals surface area contributed by atoms with E-state index < -0.39 is 0 Å². The third-order valence-electron chi connectivity index (χ3n) is 6.04. The van der Waals surface area contributed by atoms with Crippen LogP contribution >= 0.6 is 12.4 Å². The Morgan fingerprint density at radius 1 is 1.04 bits per heavy atom. The van der Waals surface area contributed by atoms with Gasteiger partial charge in [0.1, 0.15) is 0 Å². The van der Waals surface area contributed by atoms with Crippen molar-refractivity contribution < 1.29 is 4.79 Å². The molecular formula is C22H29ClN2O. The van der Waals surface area contributed by atoms with Crippen LogP contribution in [0, 0.1) is 5.92 Å². The predicted octanol–water partition coefficient (Wildman–Crippen LogP) is 4.36. The summed E-state index contributed by atoms with van der Waals surface area (Å²) in [6.45, 7) is 4.04. The van der Waals surface area contributed by atoms with Crippen molar-refractivity contribution in [3.05, 3.63) is 48.0 Å². The van der Waals surface area contributed by atoms with Crippen molar-refractivity contribution in [3.8, 4) is 0 Å². The van der Waals surface area contributed by atoms with Gasteiger partial charge in [-0.1, -0.05) is 42.5 Å². The number of piperidine rings is 1. The summed E-state index contributed by atoms with van der Waals surface area (Å²) in [7, 11) is 0. The highest BCUT2D eigenvalue weighted by Crippen LogP contribution is 2.33. The number of rotatable bonds is 4. The lowest BCUT2D eigenvalue weighted by Crippen LogP contribution is -2.38. The lowest BCUT2D eigenvalue weighted by molar-refractivity contribution is -0.132. The van der Waals surface area contributed by atoms with E-state index in [1.54, 1.807) is 0 Å². The zero-order valence-corrected chi connectivity index (χ0v) is 16.1. The van der Waals surface area contributed by atoms with Crippen LogP contribution in [-0.2, 0) is 4.79 Å². The lowest BCUT2D eigenvalue weighted by atomic mass is 9.86. The van der Waals surface area contributed by atoms with Crippen LogP contribution in [0.1, 0.15) is 43.6 Å². The molecule has 2 aliphatic heterocycles. The molecule has 2 aromatic carbocycles. The molecule has 3 nitrogen and oxygen atoms in total. The van der Waals surface area contributed by atoms with Gasteiger partial charge in [-0.15, -0.1) is 12.4 Å². The molecule has 0 aromatic heterocycles. The SMILES string of the molecule is Cl.O=C(CCC1CCNC1)N1CCC(c2cccc3ccccc23)CC1. The first-order valence-electron chi connectivity index (χ1n) is 9.77. The first kappa shape index (κ1) is 19.2. The van der Waals surface area contributed by atoms with E-state index in [-0.39, 0.29) is 12.4 Å². The number of nitrogens with one attached hydrogen (secondary N) is 1. The average Bonchev–Trinajstić information content (AvgIpc) is 3.19. The van der Waals surface area contributed by atoms with Crippen molar-refractivity contribution in [1.29, 1.82) is 0 Å². The van der Waals surface area contributed by atoms with Gasteiger partial charge in [-0.3, -0.25) is 4.79 Å². The van der Waals surface area contributed by atoms with Crippen LogP contribution in [0.2, 0.25) is 0 Å². The van der Waals surface area contributed by atoms with Gasteiger partial charge in [-0.05, 0) is 66.9 Å². The number of benzene rings is 2. The van der Waals surface area contributed by atoms with Crippen LogP contribution in [0.5, 0.6) is 0 Å². The maximum absolute atomic E-state index is 12.5. The summed E-state index contributed by atoms with van der Waals surface area (Å²) in [5, 5.41) is 6.09. The minimum atomic E-state index is 0. The number of nitrogens with zero attached hydrogens (tertiary/aromatic N) is 1. The smallest absolute Gasteiger partial charge is 0.222 e. The number of carbonyl (C=O) groups excluding carboxylic acids is 1. The second-order valence-corrected chi connectivity index (χ2v) is 7.62. The molecule has 2 aliphatic rings. The number of hydrogen-bond acceptors (Lipinski definition) is 2. The van der Waals surface area contributed by atoms with E-state index in [0.717, 1.165) is 51.9 Å². The Morgan fingerprint density at radius 2 is 1.81 bits per heavy atom. The van der Waals surface area contributed by atoms with Crippen LogP contribution in [0.15, 0.2) is 42.5 Å². The topological polar surface area (TPSA) is 32.3 Å². The van der Waals surface area contributed by atoms with Crippen molar-refractivity contribution >= 4 is 29.1 Å². The molecule has 1 N–H and O–H groups in total.